The van der Waals surface area contributed by atoms with Crippen molar-refractivity contribution in [3.63, 3.8) is 0 Å². The van der Waals surface area contributed by atoms with E-state index in [0.717, 1.165) is 4.31 Å². The molecule has 13 heavy (non-hydrogen) atoms. The van der Waals surface area contributed by atoms with E-state index in [-0.39, 0.29) is 6.54 Å². The van der Waals surface area contributed by atoms with Crippen LogP contribution in [-0.2, 0) is 14.8 Å². The molecule has 0 radical (unpaired) electrons. The molecule has 0 aliphatic carbocycles. The third-order valence-electron chi connectivity index (χ3n) is 1.46. The molecule has 0 aromatic rings. The first-order valence-electron chi connectivity index (χ1n) is 3.70. The van der Waals surface area contributed by atoms with Crippen LogP contribution >= 0.6 is 0 Å². The van der Waals surface area contributed by atoms with E-state index in [9.17, 15) is 13.2 Å². The van der Waals surface area contributed by atoms with E-state index in [2.05, 4.69) is 5.32 Å². The summed E-state index contributed by atoms with van der Waals surface area (Å²) in [5.74, 6) is -2.19. The Balaban J connectivity index is 4.20. The molecule has 0 unspecified atom stereocenters. The van der Waals surface area contributed by atoms with Crippen molar-refractivity contribution in [2.45, 2.75) is 0 Å². The number of nitrogens with one attached hydrogen (secondary N) is 1. The molecule has 0 spiro atoms. The van der Waals surface area contributed by atoms with E-state index in [0.29, 0.717) is 6.54 Å². The molecular formula is C6H14N2O4S. The Morgan fingerprint density at radius 3 is 2.46 bits per heavy atom. The second kappa shape index (κ2) is 5.15. The van der Waals surface area contributed by atoms with Gasteiger partial charge in [-0.15, -0.1) is 0 Å². The van der Waals surface area contributed by atoms with Crippen LogP contribution in [0.4, 0.5) is 0 Å². The SMILES string of the molecule is CNCCN(C)S(=O)(=O)CC(=O)O. The third kappa shape index (κ3) is 4.81. The molecule has 0 aromatic carbocycles. The summed E-state index contributed by atoms with van der Waals surface area (Å²) in [6.45, 7) is 0.765. The van der Waals surface area contributed by atoms with Crippen LogP contribution in [-0.4, -0.2) is 56.7 Å². The van der Waals surface area contributed by atoms with Crippen LogP contribution in [0.15, 0.2) is 0 Å². The Kier molecular flexibility index (Phi) is 4.89. The smallest absolute Gasteiger partial charge is 0.320 e. The number of hydrogen-bond acceptors (Lipinski definition) is 4. The van der Waals surface area contributed by atoms with Crippen LogP contribution in [0.3, 0.4) is 0 Å². The maximum Gasteiger partial charge on any atom is 0.320 e. The molecule has 7 heteroatoms. The van der Waals surface area contributed by atoms with E-state index in [4.69, 9.17) is 5.11 Å². The van der Waals surface area contributed by atoms with Crippen molar-refractivity contribution >= 4 is 16.0 Å². The summed E-state index contributed by atoms with van der Waals surface area (Å²) in [4.78, 5) is 10.2. The van der Waals surface area contributed by atoms with Gasteiger partial charge in [-0.25, -0.2) is 12.7 Å². The highest BCUT2D eigenvalue weighted by molar-refractivity contribution is 7.89. The summed E-state index contributed by atoms with van der Waals surface area (Å²) in [6, 6.07) is 0. The summed E-state index contributed by atoms with van der Waals surface area (Å²) in [6.07, 6.45) is 0. The van der Waals surface area contributed by atoms with Gasteiger partial charge in [0.2, 0.25) is 10.0 Å². The number of likely N-dealkylation sites (N-methyl/N-ethyl adjacent to an activating group) is 2. The van der Waals surface area contributed by atoms with Gasteiger partial charge in [-0.3, -0.25) is 4.79 Å². The summed E-state index contributed by atoms with van der Waals surface area (Å²) >= 11 is 0. The minimum Gasteiger partial charge on any atom is -0.480 e. The predicted molar refractivity (Wildman–Crippen MR) is 48.0 cm³/mol. The molecule has 0 amide bonds. The number of carbonyl (C=O) groups is 1. The third-order valence-corrected chi connectivity index (χ3v) is 3.20. The minimum atomic E-state index is -3.64. The maximum atomic E-state index is 11.2. The molecule has 0 saturated carbocycles. The average Bonchev–Trinajstić information content (AvgIpc) is 1.97. The number of aliphatic carboxylic acids is 1. The first-order valence-corrected chi connectivity index (χ1v) is 5.31. The Bertz CT molecular complexity index is 262. The van der Waals surface area contributed by atoms with Crippen molar-refractivity contribution in [3.05, 3.63) is 0 Å². The second-order valence-electron chi connectivity index (χ2n) is 2.58. The second-order valence-corrected chi connectivity index (χ2v) is 4.65. The van der Waals surface area contributed by atoms with Crippen molar-refractivity contribution < 1.29 is 18.3 Å². The number of hydrogen-bond donors (Lipinski definition) is 2. The number of sulfonamides is 1. The van der Waals surface area contributed by atoms with Crippen molar-refractivity contribution in [2.75, 3.05) is 32.9 Å². The van der Waals surface area contributed by atoms with Gasteiger partial charge in [0.05, 0.1) is 0 Å². The molecule has 0 atom stereocenters. The lowest BCUT2D eigenvalue weighted by molar-refractivity contribution is -0.134. The van der Waals surface area contributed by atoms with Gasteiger partial charge in [-0.2, -0.15) is 0 Å². The Morgan fingerprint density at radius 1 is 1.54 bits per heavy atom. The fourth-order valence-corrected chi connectivity index (χ4v) is 1.58. The van der Waals surface area contributed by atoms with Crippen molar-refractivity contribution in [1.29, 1.82) is 0 Å². The molecule has 0 aromatic heterocycles. The largest absolute Gasteiger partial charge is 0.480 e. The van der Waals surface area contributed by atoms with E-state index in [1.807, 2.05) is 0 Å². The summed E-state index contributed by atoms with van der Waals surface area (Å²) in [5, 5.41) is 11.1. The molecule has 0 fully saturated rings. The minimum absolute atomic E-state index is 0.270. The Hall–Kier alpha value is -0.660. The zero-order valence-electron chi connectivity index (χ0n) is 7.65. The van der Waals surface area contributed by atoms with Crippen LogP contribution in [0.5, 0.6) is 0 Å². The molecule has 0 aliphatic rings. The van der Waals surface area contributed by atoms with Crippen LogP contribution in [0.1, 0.15) is 0 Å². The molecule has 0 rings (SSSR count). The first kappa shape index (κ1) is 12.3. The molecule has 0 saturated heterocycles. The highest BCUT2D eigenvalue weighted by atomic mass is 32.2. The summed E-state index contributed by atoms with van der Waals surface area (Å²) < 4.78 is 23.4. The van der Waals surface area contributed by atoms with E-state index < -0.39 is 21.7 Å². The van der Waals surface area contributed by atoms with Crippen LogP contribution < -0.4 is 5.32 Å². The lowest BCUT2D eigenvalue weighted by Gasteiger charge is -2.14. The van der Waals surface area contributed by atoms with Gasteiger partial charge in [0.1, 0.15) is 0 Å². The van der Waals surface area contributed by atoms with Gasteiger partial charge in [-0.05, 0) is 7.05 Å². The predicted octanol–water partition coefficient (Wildman–Crippen LogP) is -1.45. The van der Waals surface area contributed by atoms with E-state index in [1.165, 1.54) is 7.05 Å². The quantitative estimate of drug-likeness (QED) is 0.560. The van der Waals surface area contributed by atoms with Gasteiger partial charge in [0.25, 0.3) is 0 Å². The van der Waals surface area contributed by atoms with Gasteiger partial charge in [0, 0.05) is 20.1 Å². The Labute approximate surface area is 77.6 Å². The zero-order valence-corrected chi connectivity index (χ0v) is 8.47. The van der Waals surface area contributed by atoms with Crippen molar-refractivity contribution in [3.8, 4) is 0 Å². The van der Waals surface area contributed by atoms with Crippen molar-refractivity contribution in [2.24, 2.45) is 0 Å². The lowest BCUT2D eigenvalue weighted by atomic mass is 10.6. The standard InChI is InChI=1S/C6H14N2O4S/c1-7-3-4-8(2)13(11,12)5-6(9)10/h7H,3-5H2,1-2H3,(H,9,10). The first-order chi connectivity index (χ1) is 5.90. The topological polar surface area (TPSA) is 86.7 Å². The van der Waals surface area contributed by atoms with Gasteiger partial charge in [0.15, 0.2) is 5.75 Å². The number of carboxylic acids is 1. The molecular weight excluding hydrogens is 196 g/mol. The highest BCUT2D eigenvalue weighted by Gasteiger charge is 2.20. The number of carboxylic acid groups (broad SMARTS) is 1. The molecule has 0 aliphatic heterocycles. The fraction of sp³-hybridized carbons (Fsp3) is 0.833. The molecule has 0 bridgehead atoms. The number of nitrogens with zero attached hydrogens (tertiary/aromatic N) is 1. The van der Waals surface area contributed by atoms with Crippen LogP contribution in [0, 0.1) is 0 Å². The molecule has 78 valence electrons. The lowest BCUT2D eigenvalue weighted by Crippen LogP contribution is -2.36. The molecule has 0 heterocycles. The van der Waals surface area contributed by atoms with Crippen LogP contribution in [0.25, 0.3) is 0 Å². The maximum absolute atomic E-state index is 11.2. The highest BCUT2D eigenvalue weighted by Crippen LogP contribution is 1.96. The average molecular weight is 210 g/mol. The van der Waals surface area contributed by atoms with Crippen molar-refractivity contribution in [1.82, 2.24) is 9.62 Å². The zero-order chi connectivity index (χ0) is 10.5. The van der Waals surface area contributed by atoms with Gasteiger partial charge >= 0.3 is 5.97 Å². The van der Waals surface area contributed by atoms with E-state index in [1.54, 1.807) is 7.05 Å². The number of rotatable bonds is 6. The van der Waals surface area contributed by atoms with Gasteiger partial charge in [-0.1, -0.05) is 0 Å². The summed E-state index contributed by atoms with van der Waals surface area (Å²) in [7, 11) is -0.589. The molecule has 2 N–H and O–H groups in total. The molecule has 6 nitrogen and oxygen atoms in total. The van der Waals surface area contributed by atoms with E-state index >= 15 is 0 Å². The fourth-order valence-electron chi connectivity index (χ4n) is 0.675. The normalized spacial score (nSPS) is 11.9. The Morgan fingerprint density at radius 2 is 2.08 bits per heavy atom. The van der Waals surface area contributed by atoms with Crippen LogP contribution in [0.2, 0.25) is 0 Å². The van der Waals surface area contributed by atoms with Gasteiger partial charge < -0.3 is 10.4 Å². The monoisotopic (exact) mass is 210 g/mol. The summed E-state index contributed by atoms with van der Waals surface area (Å²) in [5.41, 5.74) is 0.